The van der Waals surface area contributed by atoms with Crippen molar-refractivity contribution in [1.82, 2.24) is 5.32 Å². The largest absolute Gasteiger partial charge is 0.356 e. The van der Waals surface area contributed by atoms with Gasteiger partial charge in [-0.3, -0.25) is 4.79 Å². The third-order valence-electron chi connectivity index (χ3n) is 2.28. The molecule has 0 bridgehead atoms. The Morgan fingerprint density at radius 1 is 1.43 bits per heavy atom. The van der Waals surface area contributed by atoms with E-state index in [1.165, 1.54) is 0 Å². The van der Waals surface area contributed by atoms with Gasteiger partial charge in [0.2, 0.25) is 5.91 Å². The molecular weight excluding hydrogens is 198 g/mol. The second kappa shape index (κ2) is 8.10. The smallest absolute Gasteiger partial charge is 0.220 e. The molecule has 0 fully saturated rings. The molecule has 0 aliphatic heterocycles. The lowest BCUT2D eigenvalue weighted by molar-refractivity contribution is -0.121. The summed E-state index contributed by atoms with van der Waals surface area (Å²) in [5.74, 6) is 1.80. The van der Waals surface area contributed by atoms with Crippen molar-refractivity contribution in [3.63, 3.8) is 0 Å². The molecule has 1 N–H and O–H groups in total. The van der Waals surface area contributed by atoms with Crippen LogP contribution in [0, 0.1) is 11.8 Å². The number of carbonyl (C=O) groups is 1. The normalized spacial score (nSPS) is 12.9. The van der Waals surface area contributed by atoms with Crippen molar-refractivity contribution in [1.29, 1.82) is 0 Å². The highest BCUT2D eigenvalue weighted by Gasteiger charge is 2.08. The lowest BCUT2D eigenvalue weighted by atomic mass is 10.0. The maximum atomic E-state index is 11.3. The summed E-state index contributed by atoms with van der Waals surface area (Å²) in [5, 5.41) is 2.95. The second-order valence-corrected chi connectivity index (χ2v) is 4.53. The number of carbonyl (C=O) groups excluding carboxylic acids is 1. The molecule has 0 aromatic rings. The Kier molecular flexibility index (Phi) is 7.96. The lowest BCUT2D eigenvalue weighted by Crippen LogP contribution is -2.30. The van der Waals surface area contributed by atoms with E-state index in [4.69, 9.17) is 11.6 Å². The zero-order valence-corrected chi connectivity index (χ0v) is 10.2. The molecule has 2 nitrogen and oxygen atoms in total. The third-order valence-corrected chi connectivity index (χ3v) is 2.49. The van der Waals surface area contributed by atoms with Gasteiger partial charge >= 0.3 is 0 Å². The summed E-state index contributed by atoms with van der Waals surface area (Å²) < 4.78 is 0. The van der Waals surface area contributed by atoms with E-state index in [9.17, 15) is 4.79 Å². The number of hydrogen-bond acceptors (Lipinski definition) is 1. The molecule has 0 saturated carbocycles. The molecule has 0 radical (unpaired) electrons. The minimum atomic E-state index is 0.160. The van der Waals surface area contributed by atoms with Crippen molar-refractivity contribution in [2.45, 2.75) is 40.0 Å². The second-order valence-electron chi connectivity index (χ2n) is 4.15. The van der Waals surface area contributed by atoms with Gasteiger partial charge in [-0.1, -0.05) is 27.2 Å². The molecular formula is C11H22ClNO. The van der Waals surface area contributed by atoms with Crippen molar-refractivity contribution >= 4 is 17.5 Å². The molecule has 0 saturated heterocycles. The molecule has 1 amide bonds. The van der Waals surface area contributed by atoms with Crippen LogP contribution in [0.5, 0.6) is 0 Å². The summed E-state index contributed by atoms with van der Waals surface area (Å²) in [7, 11) is 0. The Labute approximate surface area is 92.4 Å². The molecule has 1 atom stereocenters. The number of hydrogen-bond donors (Lipinski definition) is 1. The third kappa shape index (κ3) is 7.19. The highest BCUT2D eigenvalue weighted by atomic mass is 35.5. The number of halogens is 1. The standard InChI is InChI=1S/C11H22ClNO/c1-4-10(5-6-12)8-13-11(14)7-9(2)3/h9-10H,4-8H2,1-3H3,(H,13,14). The van der Waals surface area contributed by atoms with Crippen molar-refractivity contribution in [2.75, 3.05) is 12.4 Å². The van der Waals surface area contributed by atoms with E-state index >= 15 is 0 Å². The summed E-state index contributed by atoms with van der Waals surface area (Å²) in [5.41, 5.74) is 0. The highest BCUT2D eigenvalue weighted by Crippen LogP contribution is 2.08. The van der Waals surface area contributed by atoms with E-state index in [1.807, 2.05) is 0 Å². The topological polar surface area (TPSA) is 29.1 Å². The minimum absolute atomic E-state index is 0.160. The average molecular weight is 220 g/mol. The first kappa shape index (κ1) is 13.8. The summed E-state index contributed by atoms with van der Waals surface area (Å²) in [6.07, 6.45) is 2.69. The number of nitrogens with one attached hydrogen (secondary N) is 1. The van der Waals surface area contributed by atoms with E-state index in [-0.39, 0.29) is 5.91 Å². The maximum Gasteiger partial charge on any atom is 0.220 e. The first-order chi connectivity index (χ1) is 6.60. The van der Waals surface area contributed by atoms with E-state index < -0.39 is 0 Å². The van der Waals surface area contributed by atoms with Gasteiger partial charge in [0.05, 0.1) is 0 Å². The fourth-order valence-corrected chi connectivity index (χ4v) is 1.61. The fourth-order valence-electron chi connectivity index (χ4n) is 1.31. The Hall–Kier alpha value is -0.240. The highest BCUT2D eigenvalue weighted by molar-refractivity contribution is 6.17. The molecule has 3 heteroatoms. The van der Waals surface area contributed by atoms with Gasteiger partial charge in [0.25, 0.3) is 0 Å². The van der Waals surface area contributed by atoms with Crippen molar-refractivity contribution < 1.29 is 4.79 Å². The summed E-state index contributed by atoms with van der Waals surface area (Å²) in [6.45, 7) is 7.01. The zero-order valence-electron chi connectivity index (χ0n) is 9.48. The molecule has 0 aliphatic carbocycles. The Bertz CT molecular complexity index is 159. The van der Waals surface area contributed by atoms with Gasteiger partial charge < -0.3 is 5.32 Å². The SMILES string of the molecule is CCC(CCCl)CNC(=O)CC(C)C. The molecule has 84 valence electrons. The van der Waals surface area contributed by atoms with Crippen molar-refractivity contribution in [3.8, 4) is 0 Å². The number of alkyl halides is 1. The fraction of sp³-hybridized carbons (Fsp3) is 0.909. The van der Waals surface area contributed by atoms with Gasteiger partial charge in [0.1, 0.15) is 0 Å². The van der Waals surface area contributed by atoms with Crippen LogP contribution >= 0.6 is 11.6 Å². The van der Waals surface area contributed by atoms with Crippen LogP contribution in [0.2, 0.25) is 0 Å². The van der Waals surface area contributed by atoms with Gasteiger partial charge in [-0.25, -0.2) is 0 Å². The van der Waals surface area contributed by atoms with E-state index in [2.05, 4.69) is 26.1 Å². The van der Waals surface area contributed by atoms with Gasteiger partial charge in [0.15, 0.2) is 0 Å². The van der Waals surface area contributed by atoms with Gasteiger partial charge in [-0.15, -0.1) is 11.6 Å². The van der Waals surface area contributed by atoms with Crippen LogP contribution in [0.4, 0.5) is 0 Å². The lowest BCUT2D eigenvalue weighted by Gasteiger charge is -2.14. The van der Waals surface area contributed by atoms with Crippen molar-refractivity contribution in [3.05, 3.63) is 0 Å². The minimum Gasteiger partial charge on any atom is -0.356 e. The van der Waals surface area contributed by atoms with Crippen LogP contribution in [0.15, 0.2) is 0 Å². The van der Waals surface area contributed by atoms with Gasteiger partial charge in [-0.2, -0.15) is 0 Å². The molecule has 0 spiro atoms. The maximum absolute atomic E-state index is 11.3. The molecule has 1 unspecified atom stereocenters. The van der Waals surface area contributed by atoms with Gasteiger partial charge in [-0.05, 0) is 18.3 Å². The Balaban J connectivity index is 3.62. The molecule has 0 aliphatic rings. The zero-order chi connectivity index (χ0) is 11.0. The Morgan fingerprint density at radius 2 is 2.07 bits per heavy atom. The van der Waals surface area contributed by atoms with Crippen LogP contribution in [0.25, 0.3) is 0 Å². The first-order valence-electron chi connectivity index (χ1n) is 5.42. The summed E-state index contributed by atoms with van der Waals surface area (Å²) in [4.78, 5) is 11.3. The van der Waals surface area contributed by atoms with Crippen LogP contribution in [0.1, 0.15) is 40.0 Å². The monoisotopic (exact) mass is 219 g/mol. The van der Waals surface area contributed by atoms with E-state index in [0.717, 1.165) is 19.4 Å². The van der Waals surface area contributed by atoms with E-state index in [1.54, 1.807) is 0 Å². The van der Waals surface area contributed by atoms with Crippen molar-refractivity contribution in [2.24, 2.45) is 11.8 Å². The Morgan fingerprint density at radius 3 is 2.50 bits per heavy atom. The quantitative estimate of drug-likeness (QED) is 0.656. The number of amides is 1. The van der Waals surface area contributed by atoms with Crippen LogP contribution in [-0.2, 0) is 4.79 Å². The first-order valence-corrected chi connectivity index (χ1v) is 5.96. The molecule has 14 heavy (non-hydrogen) atoms. The van der Waals surface area contributed by atoms with Crippen LogP contribution in [0.3, 0.4) is 0 Å². The number of rotatable bonds is 7. The average Bonchev–Trinajstić information content (AvgIpc) is 2.11. The summed E-state index contributed by atoms with van der Waals surface area (Å²) >= 11 is 5.66. The van der Waals surface area contributed by atoms with Gasteiger partial charge in [0, 0.05) is 18.8 Å². The van der Waals surface area contributed by atoms with Crippen LogP contribution in [-0.4, -0.2) is 18.3 Å². The predicted molar refractivity (Wildman–Crippen MR) is 61.6 cm³/mol. The molecule has 0 aromatic heterocycles. The molecule has 0 rings (SSSR count). The molecule has 0 heterocycles. The predicted octanol–water partition coefficient (Wildman–Crippen LogP) is 2.80. The van der Waals surface area contributed by atoms with E-state index in [0.29, 0.717) is 24.1 Å². The van der Waals surface area contributed by atoms with Crippen LogP contribution < -0.4 is 5.32 Å². The summed E-state index contributed by atoms with van der Waals surface area (Å²) in [6, 6.07) is 0. The molecule has 0 aromatic carbocycles.